The molecule has 0 radical (unpaired) electrons. The maximum absolute atomic E-state index is 15.1. The van der Waals surface area contributed by atoms with Crippen molar-refractivity contribution in [2.45, 2.75) is 52.9 Å². The number of nitrogens with zero attached hydrogens (tertiary/aromatic N) is 9. The van der Waals surface area contributed by atoms with Crippen molar-refractivity contribution in [3.63, 3.8) is 0 Å². The number of imide groups is 1. The number of anilines is 2. The average molecular weight is 736 g/mol. The SMILES string of the molecule is Cc1nc2c(F)cc(-c3nc(Nc4ccc(CN5CCN(Cc6ccc7c(c6)CN(N6CCC(=O)NC6=O)C7=O)CC5)cn4)ncc3F)cc2n1C(C)C. The molecule has 2 fully saturated rings. The Morgan fingerprint density at radius 3 is 2.28 bits per heavy atom. The summed E-state index contributed by atoms with van der Waals surface area (Å²) in [6.07, 6.45) is 3.01. The van der Waals surface area contributed by atoms with E-state index in [-0.39, 0.29) is 53.5 Å². The first-order valence-corrected chi connectivity index (χ1v) is 17.9. The number of aromatic nitrogens is 5. The van der Waals surface area contributed by atoms with Crippen LogP contribution in [0.2, 0.25) is 0 Å². The zero-order chi connectivity index (χ0) is 37.7. The number of amides is 4. The number of imidazole rings is 1. The highest BCUT2D eigenvalue weighted by atomic mass is 19.1. The van der Waals surface area contributed by atoms with Gasteiger partial charge in [0.1, 0.15) is 22.9 Å². The molecular formula is C38H39F2N11O3. The van der Waals surface area contributed by atoms with Gasteiger partial charge in [0.15, 0.2) is 11.6 Å². The monoisotopic (exact) mass is 735 g/mol. The molecule has 16 heteroatoms. The van der Waals surface area contributed by atoms with Crippen molar-refractivity contribution in [3.8, 4) is 11.3 Å². The Morgan fingerprint density at radius 2 is 1.57 bits per heavy atom. The Balaban J connectivity index is 0.855. The van der Waals surface area contributed by atoms with Gasteiger partial charge in [-0.2, -0.15) is 0 Å². The standard InChI is InChI=1S/C38H39F2N11O3/c1-22(2)51-23(3)43-35-29(39)15-26(16-31(35)51)34-30(40)18-42-37(46-34)44-32-7-5-25(17-41-32)20-48-12-10-47(11-13-48)19-24-4-6-28-27(14-24)21-50(36(28)53)49-9-8-33(52)45-38(49)54/h4-7,14-18,22H,8-13,19-21H2,1-3H3,(H,45,52,54)(H,41,42,44,46). The van der Waals surface area contributed by atoms with E-state index >= 15 is 4.39 Å². The molecule has 0 saturated carbocycles. The molecule has 0 unspecified atom stereocenters. The van der Waals surface area contributed by atoms with E-state index in [9.17, 15) is 18.8 Å². The van der Waals surface area contributed by atoms with Gasteiger partial charge in [0, 0.05) is 69.1 Å². The fourth-order valence-electron chi connectivity index (χ4n) is 7.45. The molecule has 2 aromatic carbocycles. The van der Waals surface area contributed by atoms with E-state index in [1.165, 1.54) is 16.1 Å². The Labute approximate surface area is 309 Å². The number of pyridine rings is 1. The van der Waals surface area contributed by atoms with Crippen LogP contribution in [0.3, 0.4) is 0 Å². The molecule has 3 aliphatic rings. The third-order valence-corrected chi connectivity index (χ3v) is 10.1. The molecule has 54 heavy (non-hydrogen) atoms. The first-order chi connectivity index (χ1) is 26.0. The Bertz CT molecular complexity index is 2290. The van der Waals surface area contributed by atoms with E-state index in [0.717, 1.165) is 62.2 Å². The molecule has 278 valence electrons. The Kier molecular flexibility index (Phi) is 9.23. The number of aryl methyl sites for hydroxylation is 1. The van der Waals surface area contributed by atoms with Gasteiger partial charge in [-0.1, -0.05) is 18.2 Å². The zero-order valence-corrected chi connectivity index (χ0v) is 30.1. The second-order valence-corrected chi connectivity index (χ2v) is 14.1. The summed E-state index contributed by atoms with van der Waals surface area (Å²) in [6.45, 7) is 11.2. The third-order valence-electron chi connectivity index (χ3n) is 10.1. The number of halogens is 2. The summed E-state index contributed by atoms with van der Waals surface area (Å²) in [4.78, 5) is 59.0. The molecular weight excluding hydrogens is 696 g/mol. The maximum Gasteiger partial charge on any atom is 0.342 e. The largest absolute Gasteiger partial charge is 0.342 e. The molecule has 0 aliphatic carbocycles. The number of hydrogen-bond donors (Lipinski definition) is 2. The number of fused-ring (bicyclic) bond motifs is 2. The van der Waals surface area contributed by atoms with Crippen molar-refractivity contribution in [3.05, 3.63) is 94.6 Å². The molecule has 4 amide bonds. The van der Waals surface area contributed by atoms with Crippen LogP contribution in [0.1, 0.15) is 59.2 Å². The Morgan fingerprint density at radius 1 is 0.833 bits per heavy atom. The van der Waals surface area contributed by atoms with Crippen molar-refractivity contribution in [2.24, 2.45) is 0 Å². The topological polar surface area (TPSA) is 145 Å². The summed E-state index contributed by atoms with van der Waals surface area (Å²) < 4.78 is 32.0. The number of benzene rings is 2. The van der Waals surface area contributed by atoms with E-state index in [4.69, 9.17) is 0 Å². The van der Waals surface area contributed by atoms with E-state index < -0.39 is 17.7 Å². The van der Waals surface area contributed by atoms with E-state index in [2.05, 4.69) is 40.4 Å². The second kappa shape index (κ2) is 14.2. The van der Waals surface area contributed by atoms with Gasteiger partial charge in [-0.05, 0) is 61.7 Å². The lowest BCUT2D eigenvalue weighted by Gasteiger charge is -2.34. The van der Waals surface area contributed by atoms with Gasteiger partial charge in [-0.3, -0.25) is 24.7 Å². The van der Waals surface area contributed by atoms with Crippen molar-refractivity contribution in [2.75, 3.05) is 38.0 Å². The summed E-state index contributed by atoms with van der Waals surface area (Å²) in [6, 6.07) is 12.0. The van der Waals surface area contributed by atoms with Gasteiger partial charge in [0.2, 0.25) is 11.9 Å². The molecule has 5 aromatic rings. The fraction of sp³-hybridized carbons (Fsp3) is 0.342. The molecule has 0 atom stereocenters. The molecule has 6 heterocycles. The second-order valence-electron chi connectivity index (χ2n) is 14.1. The number of hydrogen-bond acceptors (Lipinski definition) is 10. The molecule has 0 spiro atoms. The summed E-state index contributed by atoms with van der Waals surface area (Å²) >= 11 is 0. The van der Waals surface area contributed by atoms with Crippen LogP contribution in [0.25, 0.3) is 22.3 Å². The fourth-order valence-corrected chi connectivity index (χ4v) is 7.45. The lowest BCUT2D eigenvalue weighted by atomic mass is 10.1. The molecule has 0 bridgehead atoms. The first kappa shape index (κ1) is 35.2. The number of carbonyl (C=O) groups is 3. The van der Waals surface area contributed by atoms with E-state index in [1.54, 1.807) is 12.3 Å². The lowest BCUT2D eigenvalue weighted by molar-refractivity contribution is -0.123. The van der Waals surface area contributed by atoms with Crippen LogP contribution in [0, 0.1) is 18.6 Å². The minimum Gasteiger partial charge on any atom is -0.326 e. The van der Waals surface area contributed by atoms with Crippen LogP contribution in [-0.4, -0.2) is 94.9 Å². The number of carbonyl (C=O) groups excluding carboxylic acids is 3. The number of nitrogens with one attached hydrogen (secondary N) is 2. The quantitative estimate of drug-likeness (QED) is 0.214. The molecule has 8 rings (SSSR count). The maximum atomic E-state index is 15.1. The minimum absolute atomic E-state index is 0.0286. The molecule has 3 aromatic heterocycles. The summed E-state index contributed by atoms with van der Waals surface area (Å²) in [5.41, 5.74) is 4.65. The predicted octanol–water partition coefficient (Wildman–Crippen LogP) is 4.93. The van der Waals surface area contributed by atoms with Crippen molar-refractivity contribution in [1.29, 1.82) is 0 Å². The molecule has 2 N–H and O–H groups in total. The summed E-state index contributed by atoms with van der Waals surface area (Å²) in [5.74, 6) is -0.493. The summed E-state index contributed by atoms with van der Waals surface area (Å²) in [7, 11) is 0. The zero-order valence-electron chi connectivity index (χ0n) is 30.1. The van der Waals surface area contributed by atoms with Crippen LogP contribution >= 0.6 is 0 Å². The van der Waals surface area contributed by atoms with Crippen LogP contribution in [0.4, 0.5) is 25.3 Å². The highest BCUT2D eigenvalue weighted by Gasteiger charge is 2.37. The lowest BCUT2D eigenvalue weighted by Crippen LogP contribution is -2.56. The van der Waals surface area contributed by atoms with Crippen molar-refractivity contribution >= 4 is 40.6 Å². The van der Waals surface area contributed by atoms with Gasteiger partial charge >= 0.3 is 6.03 Å². The van der Waals surface area contributed by atoms with Crippen LogP contribution < -0.4 is 10.6 Å². The van der Waals surface area contributed by atoms with Crippen LogP contribution in [0.5, 0.6) is 0 Å². The van der Waals surface area contributed by atoms with Gasteiger partial charge in [-0.25, -0.2) is 43.5 Å². The number of piperazine rings is 1. The van der Waals surface area contributed by atoms with Crippen molar-refractivity contribution < 1.29 is 23.2 Å². The van der Waals surface area contributed by atoms with Crippen LogP contribution in [-0.2, 0) is 24.4 Å². The number of hydrazine groups is 1. The van der Waals surface area contributed by atoms with E-state index in [0.29, 0.717) is 29.3 Å². The Hall–Kier alpha value is -5.87. The van der Waals surface area contributed by atoms with Gasteiger partial charge in [-0.15, -0.1) is 0 Å². The average Bonchev–Trinajstić information content (AvgIpc) is 3.66. The highest BCUT2D eigenvalue weighted by molar-refractivity contribution is 6.02. The van der Waals surface area contributed by atoms with Crippen LogP contribution in [0.15, 0.2) is 54.9 Å². The molecule has 2 saturated heterocycles. The van der Waals surface area contributed by atoms with Crippen molar-refractivity contribution in [1.82, 2.24) is 49.6 Å². The minimum atomic E-state index is -0.671. The molecule has 14 nitrogen and oxygen atoms in total. The van der Waals surface area contributed by atoms with Gasteiger partial charge in [0.25, 0.3) is 5.91 Å². The summed E-state index contributed by atoms with van der Waals surface area (Å²) in [5, 5.41) is 8.05. The predicted molar refractivity (Wildman–Crippen MR) is 195 cm³/mol. The number of urea groups is 1. The normalized spacial score (nSPS) is 16.8. The third kappa shape index (κ3) is 6.85. The van der Waals surface area contributed by atoms with Gasteiger partial charge < -0.3 is 9.88 Å². The molecule has 3 aliphatic heterocycles. The van der Waals surface area contributed by atoms with Gasteiger partial charge in [0.05, 0.1) is 24.8 Å². The smallest absolute Gasteiger partial charge is 0.326 e. The first-order valence-electron chi connectivity index (χ1n) is 17.9. The van der Waals surface area contributed by atoms with E-state index in [1.807, 2.05) is 55.7 Å². The number of rotatable bonds is 9. The highest BCUT2D eigenvalue weighted by Crippen LogP contribution is 2.31.